The van der Waals surface area contributed by atoms with Gasteiger partial charge >= 0.3 is 5.97 Å². The van der Waals surface area contributed by atoms with E-state index in [2.05, 4.69) is 5.32 Å². The Labute approximate surface area is 190 Å². The molecule has 2 aromatic carbocycles. The fourth-order valence-electron chi connectivity index (χ4n) is 3.40. The molecular weight excluding hydrogens is 454 g/mol. The number of nitrogens with one attached hydrogen (secondary N) is 1. The zero-order chi connectivity index (χ0) is 24.0. The predicted molar refractivity (Wildman–Crippen MR) is 118 cm³/mol. The molecule has 11 nitrogen and oxygen atoms in total. The van der Waals surface area contributed by atoms with E-state index < -0.39 is 39.1 Å². The molecular formula is C21H23N3O8S. The largest absolute Gasteiger partial charge is 0.495 e. The first-order chi connectivity index (χ1) is 15.7. The molecule has 0 aliphatic carbocycles. The number of ether oxygens (including phenoxy) is 2. The summed E-state index contributed by atoms with van der Waals surface area (Å²) in [6, 6.07) is 9.30. The first kappa shape index (κ1) is 24.1. The lowest BCUT2D eigenvalue weighted by Crippen LogP contribution is -2.35. The second kappa shape index (κ2) is 10.4. The molecule has 1 saturated heterocycles. The van der Waals surface area contributed by atoms with E-state index in [9.17, 15) is 28.1 Å². The van der Waals surface area contributed by atoms with Crippen LogP contribution >= 0.6 is 0 Å². The molecule has 0 saturated carbocycles. The van der Waals surface area contributed by atoms with Crippen LogP contribution in [0.5, 0.6) is 5.75 Å². The van der Waals surface area contributed by atoms with Crippen LogP contribution in [0.3, 0.4) is 0 Å². The molecule has 12 heteroatoms. The number of hydrogen-bond donors (Lipinski definition) is 1. The summed E-state index contributed by atoms with van der Waals surface area (Å²) >= 11 is 0. The van der Waals surface area contributed by atoms with Crippen molar-refractivity contribution in [1.29, 1.82) is 0 Å². The van der Waals surface area contributed by atoms with E-state index in [0.717, 1.165) is 25.3 Å². The average molecular weight is 477 g/mol. The number of nitro benzene ring substituents is 1. The maximum Gasteiger partial charge on any atom is 0.345 e. The molecule has 0 radical (unpaired) electrons. The van der Waals surface area contributed by atoms with Gasteiger partial charge < -0.3 is 14.8 Å². The maximum atomic E-state index is 12.9. The minimum atomic E-state index is -3.74. The lowest BCUT2D eigenvalue weighted by atomic mass is 10.2. The fourth-order valence-corrected chi connectivity index (χ4v) is 4.94. The number of anilines is 1. The first-order valence-corrected chi connectivity index (χ1v) is 11.6. The van der Waals surface area contributed by atoms with Gasteiger partial charge in [0.25, 0.3) is 11.6 Å². The Morgan fingerprint density at radius 2 is 1.82 bits per heavy atom. The molecule has 0 unspecified atom stereocenters. The number of esters is 1. The second-order valence-corrected chi connectivity index (χ2v) is 9.16. The van der Waals surface area contributed by atoms with Crippen LogP contribution in [0.25, 0.3) is 0 Å². The van der Waals surface area contributed by atoms with Gasteiger partial charge in [-0.2, -0.15) is 4.31 Å². The highest BCUT2D eigenvalue weighted by Gasteiger charge is 2.27. The summed E-state index contributed by atoms with van der Waals surface area (Å²) in [5.41, 5.74) is -0.648. The third-order valence-corrected chi connectivity index (χ3v) is 6.95. The molecule has 1 fully saturated rings. The summed E-state index contributed by atoms with van der Waals surface area (Å²) in [5.74, 6) is -1.59. The van der Waals surface area contributed by atoms with Gasteiger partial charge in [0.15, 0.2) is 6.61 Å². The predicted octanol–water partition coefficient (Wildman–Crippen LogP) is 2.57. The number of para-hydroxylation sites is 1. The number of hydrogen-bond acceptors (Lipinski definition) is 8. The van der Waals surface area contributed by atoms with Crippen molar-refractivity contribution in [2.45, 2.75) is 24.2 Å². The number of benzene rings is 2. The van der Waals surface area contributed by atoms with Crippen molar-refractivity contribution in [2.75, 3.05) is 32.1 Å². The van der Waals surface area contributed by atoms with E-state index in [4.69, 9.17) is 9.47 Å². The number of piperidine rings is 1. The third-order valence-electron chi connectivity index (χ3n) is 5.05. The summed E-state index contributed by atoms with van der Waals surface area (Å²) < 4.78 is 37.4. The number of carbonyl (C=O) groups is 2. The van der Waals surface area contributed by atoms with Crippen molar-refractivity contribution < 1.29 is 32.4 Å². The quantitative estimate of drug-likeness (QED) is 0.347. The van der Waals surface area contributed by atoms with E-state index >= 15 is 0 Å². The molecule has 3 rings (SSSR count). The summed E-state index contributed by atoms with van der Waals surface area (Å²) in [6.07, 6.45) is 2.54. The number of methoxy groups -OCH3 is 1. The van der Waals surface area contributed by atoms with Crippen molar-refractivity contribution in [1.82, 2.24) is 4.31 Å². The average Bonchev–Trinajstić information content (AvgIpc) is 2.83. The number of nitrogens with zero attached hydrogens (tertiary/aromatic N) is 2. The van der Waals surface area contributed by atoms with Gasteiger partial charge in [0.2, 0.25) is 10.0 Å². The van der Waals surface area contributed by atoms with E-state index in [1.807, 2.05) is 0 Å². The van der Waals surface area contributed by atoms with E-state index in [1.54, 1.807) is 0 Å². The molecule has 2 aromatic rings. The summed E-state index contributed by atoms with van der Waals surface area (Å²) in [4.78, 5) is 34.9. The van der Waals surface area contributed by atoms with E-state index in [1.165, 1.54) is 47.8 Å². The van der Waals surface area contributed by atoms with Crippen molar-refractivity contribution in [2.24, 2.45) is 0 Å². The molecule has 0 spiro atoms. The number of rotatable bonds is 8. The minimum absolute atomic E-state index is 0.00240. The molecule has 1 aliphatic rings. The Balaban J connectivity index is 1.72. The lowest BCUT2D eigenvalue weighted by Gasteiger charge is -2.26. The van der Waals surface area contributed by atoms with Gasteiger partial charge in [0, 0.05) is 19.2 Å². The van der Waals surface area contributed by atoms with Crippen LogP contribution in [0.15, 0.2) is 47.4 Å². The molecule has 1 heterocycles. The van der Waals surface area contributed by atoms with Crippen LogP contribution < -0.4 is 10.1 Å². The van der Waals surface area contributed by atoms with Gasteiger partial charge in [-0.05, 0) is 37.1 Å². The van der Waals surface area contributed by atoms with Crippen molar-refractivity contribution in [3.05, 3.63) is 58.1 Å². The minimum Gasteiger partial charge on any atom is -0.495 e. The smallest absolute Gasteiger partial charge is 0.345 e. The van der Waals surface area contributed by atoms with Crippen LogP contribution in [-0.2, 0) is 19.6 Å². The zero-order valence-corrected chi connectivity index (χ0v) is 18.7. The molecule has 1 N–H and O–H groups in total. The third kappa shape index (κ3) is 5.65. The number of amides is 1. The van der Waals surface area contributed by atoms with E-state index in [0.29, 0.717) is 13.1 Å². The Kier molecular flexibility index (Phi) is 7.61. The monoisotopic (exact) mass is 477 g/mol. The van der Waals surface area contributed by atoms with Crippen molar-refractivity contribution >= 4 is 33.3 Å². The number of carbonyl (C=O) groups excluding carboxylic acids is 2. The van der Waals surface area contributed by atoms with E-state index in [-0.39, 0.29) is 21.9 Å². The molecule has 1 aliphatic heterocycles. The zero-order valence-electron chi connectivity index (χ0n) is 17.9. The van der Waals surface area contributed by atoms with Crippen LogP contribution in [0.1, 0.15) is 29.6 Å². The molecule has 33 heavy (non-hydrogen) atoms. The molecule has 176 valence electrons. The topological polar surface area (TPSA) is 145 Å². The normalized spacial score (nSPS) is 14.3. The Hall–Kier alpha value is -3.51. The SMILES string of the molecule is COc1ccc(S(=O)(=O)N2CCCCC2)cc1NC(=O)COC(=O)c1ccccc1[N+](=O)[O-]. The van der Waals surface area contributed by atoms with Crippen LogP contribution in [0.2, 0.25) is 0 Å². The highest BCUT2D eigenvalue weighted by atomic mass is 32.2. The molecule has 0 bridgehead atoms. The summed E-state index contributed by atoms with van der Waals surface area (Å²) in [5, 5.41) is 13.5. The second-order valence-electron chi connectivity index (χ2n) is 7.23. The van der Waals surface area contributed by atoms with Gasteiger partial charge in [0.1, 0.15) is 11.3 Å². The summed E-state index contributed by atoms with van der Waals surface area (Å²) in [6.45, 7) is 0.117. The summed E-state index contributed by atoms with van der Waals surface area (Å²) in [7, 11) is -2.38. The number of sulfonamides is 1. The Bertz CT molecular complexity index is 1160. The van der Waals surface area contributed by atoms with Gasteiger partial charge in [-0.15, -0.1) is 0 Å². The van der Waals surface area contributed by atoms with Crippen molar-refractivity contribution in [3.63, 3.8) is 0 Å². The standard InChI is InChI=1S/C21H23N3O8S/c1-31-19-10-9-15(33(29,30)23-11-5-2-6-12-23)13-17(19)22-20(25)14-32-21(26)16-7-3-4-8-18(16)24(27)28/h3-4,7-10,13H,2,5-6,11-12,14H2,1H3,(H,22,25). The van der Waals surface area contributed by atoms with Gasteiger partial charge in [-0.3, -0.25) is 14.9 Å². The lowest BCUT2D eigenvalue weighted by molar-refractivity contribution is -0.385. The highest BCUT2D eigenvalue weighted by molar-refractivity contribution is 7.89. The molecule has 1 amide bonds. The highest BCUT2D eigenvalue weighted by Crippen LogP contribution is 2.30. The maximum absolute atomic E-state index is 12.9. The van der Waals surface area contributed by atoms with Gasteiger partial charge in [-0.25, -0.2) is 13.2 Å². The molecule has 0 atom stereocenters. The Morgan fingerprint density at radius 1 is 1.12 bits per heavy atom. The van der Waals surface area contributed by atoms with Crippen molar-refractivity contribution in [3.8, 4) is 5.75 Å². The molecule has 0 aromatic heterocycles. The Morgan fingerprint density at radius 3 is 2.48 bits per heavy atom. The van der Waals surface area contributed by atoms with Crippen LogP contribution in [0, 0.1) is 10.1 Å². The van der Waals surface area contributed by atoms with Gasteiger partial charge in [0.05, 0.1) is 22.6 Å². The fraction of sp³-hybridized carbons (Fsp3) is 0.333. The first-order valence-electron chi connectivity index (χ1n) is 10.1. The van der Waals surface area contributed by atoms with Crippen LogP contribution in [0.4, 0.5) is 11.4 Å². The van der Waals surface area contributed by atoms with Gasteiger partial charge in [-0.1, -0.05) is 18.6 Å². The number of nitro groups is 1. The van der Waals surface area contributed by atoms with Crippen LogP contribution in [-0.4, -0.2) is 56.3 Å².